The van der Waals surface area contributed by atoms with Crippen molar-refractivity contribution >= 4 is 57.7 Å². The van der Waals surface area contributed by atoms with E-state index >= 15 is 0 Å². The van der Waals surface area contributed by atoms with Crippen LogP contribution in [-0.2, 0) is 22.7 Å². The van der Waals surface area contributed by atoms with E-state index in [-0.39, 0.29) is 36.6 Å². The molecule has 2 amide bonds. The van der Waals surface area contributed by atoms with Crippen LogP contribution < -0.4 is 63.5 Å². The highest BCUT2D eigenvalue weighted by molar-refractivity contribution is 8.76. The number of ether oxygens (including phenoxy) is 4. The molecule has 0 aliphatic heterocycles. The molecule has 0 unspecified atom stereocenters. The molecule has 0 saturated carbocycles. The second kappa shape index (κ2) is 27.3. The molecule has 0 bridgehead atoms. The van der Waals surface area contributed by atoms with Gasteiger partial charge in [0.1, 0.15) is 13.1 Å². The van der Waals surface area contributed by atoms with Crippen molar-refractivity contribution in [3.63, 3.8) is 0 Å². The van der Waals surface area contributed by atoms with Crippen LogP contribution in [-0.4, -0.2) is 64.8 Å². The minimum atomic E-state index is 0. The normalized spacial score (nSPS) is 10.7. The number of rotatable bonds is 23. The lowest BCUT2D eigenvalue weighted by molar-refractivity contribution is -0.697. The van der Waals surface area contributed by atoms with Crippen LogP contribution in [0.5, 0.6) is 23.0 Å². The van der Waals surface area contributed by atoms with Crippen molar-refractivity contribution in [2.24, 2.45) is 0 Å². The van der Waals surface area contributed by atoms with E-state index in [0.717, 1.165) is 59.7 Å². The fraction of sp³-hybridized carbons (Fsp3) is 0.333. The van der Waals surface area contributed by atoms with Gasteiger partial charge in [0.2, 0.25) is 11.8 Å². The van der Waals surface area contributed by atoms with Crippen LogP contribution >= 0.6 is 21.6 Å². The van der Waals surface area contributed by atoms with Gasteiger partial charge in [-0.15, -0.1) is 0 Å². The van der Waals surface area contributed by atoms with Gasteiger partial charge in [0.05, 0.1) is 28.4 Å². The summed E-state index contributed by atoms with van der Waals surface area (Å²) in [5.74, 6) is 4.58. The van der Waals surface area contributed by atoms with Crippen LogP contribution in [0.15, 0.2) is 85.5 Å². The van der Waals surface area contributed by atoms with Crippen molar-refractivity contribution in [2.75, 3.05) is 53.0 Å². The fourth-order valence-corrected chi connectivity index (χ4v) is 7.17. The van der Waals surface area contributed by atoms with Crippen molar-refractivity contribution in [1.82, 2.24) is 10.6 Å². The standard InChI is InChI=1S/C42H50N4O6S2.2ClH/c1-49-37-15-13-35(31-39(37)51-3)11-9-33-17-25-45(26-18-33)23-5-7-41(47)43-21-29-53-54-30-22-44-42(48)8-6-24-46-27-19-34(20-28-46)10-12-36-14-16-38(50-2)40(32-36)52-4;;/h9-20,25-28,31-32H,5-8,21-24,29-30H2,1-4H3;2*1H. The Morgan fingerprint density at radius 2 is 0.893 bits per heavy atom. The molecule has 14 heteroatoms. The Kier molecular flexibility index (Phi) is 23.3. The Balaban J connectivity index is 0.00000541. The Morgan fingerprint density at radius 3 is 1.25 bits per heavy atom. The number of hydrogen-bond donors (Lipinski definition) is 2. The quantitative estimate of drug-likeness (QED) is 0.0634. The lowest BCUT2D eigenvalue weighted by Gasteiger charge is -2.07. The van der Waals surface area contributed by atoms with Gasteiger partial charge in [0.25, 0.3) is 0 Å². The molecule has 0 atom stereocenters. The van der Waals surface area contributed by atoms with E-state index in [9.17, 15) is 9.59 Å². The lowest BCUT2D eigenvalue weighted by Crippen LogP contribution is -3.00. The van der Waals surface area contributed by atoms with Crippen molar-refractivity contribution in [2.45, 2.75) is 38.8 Å². The fourth-order valence-electron chi connectivity index (χ4n) is 5.36. The average molecular weight is 844 g/mol. The van der Waals surface area contributed by atoms with Gasteiger partial charge in [-0.3, -0.25) is 9.59 Å². The number of nitrogens with zero attached hydrogens (tertiary/aromatic N) is 2. The molecule has 302 valence electrons. The number of pyridine rings is 2. The van der Waals surface area contributed by atoms with E-state index in [1.165, 1.54) is 0 Å². The van der Waals surface area contributed by atoms with Crippen LogP contribution in [0.1, 0.15) is 47.9 Å². The van der Waals surface area contributed by atoms with Gasteiger partial charge >= 0.3 is 0 Å². The molecule has 2 N–H and O–H groups in total. The number of amides is 2. The van der Waals surface area contributed by atoms with Crippen LogP contribution in [0.4, 0.5) is 0 Å². The maximum Gasteiger partial charge on any atom is 0.220 e. The van der Waals surface area contributed by atoms with Crippen LogP contribution in [0.25, 0.3) is 24.3 Å². The molecular formula is C42H52Cl2N4O6S2. The summed E-state index contributed by atoms with van der Waals surface area (Å²) >= 11 is 0. The Bertz CT molecular complexity index is 1700. The third kappa shape index (κ3) is 17.2. The molecule has 0 fully saturated rings. The number of aryl methyl sites for hydroxylation is 2. The molecule has 4 rings (SSSR count). The molecule has 4 aromatic rings. The largest absolute Gasteiger partial charge is 1.00 e. The number of methoxy groups -OCH3 is 4. The maximum absolute atomic E-state index is 12.3. The number of benzene rings is 2. The second-order valence-electron chi connectivity index (χ2n) is 12.2. The van der Waals surface area contributed by atoms with E-state index in [0.29, 0.717) is 48.9 Å². The summed E-state index contributed by atoms with van der Waals surface area (Å²) in [4.78, 5) is 24.6. The minimum Gasteiger partial charge on any atom is -1.00 e. The zero-order valence-electron chi connectivity index (χ0n) is 32.4. The average Bonchev–Trinajstić information content (AvgIpc) is 3.20. The van der Waals surface area contributed by atoms with Gasteiger partial charge in [-0.05, 0) is 46.5 Å². The van der Waals surface area contributed by atoms with Gasteiger partial charge in [0.15, 0.2) is 47.8 Å². The molecular weight excluding hydrogens is 792 g/mol. The van der Waals surface area contributed by atoms with E-state index in [1.54, 1.807) is 50.0 Å². The summed E-state index contributed by atoms with van der Waals surface area (Å²) in [6.45, 7) is 2.81. The van der Waals surface area contributed by atoms with E-state index < -0.39 is 0 Å². The molecule has 56 heavy (non-hydrogen) atoms. The summed E-state index contributed by atoms with van der Waals surface area (Å²) < 4.78 is 25.5. The number of hydrogen-bond acceptors (Lipinski definition) is 8. The van der Waals surface area contributed by atoms with Crippen molar-refractivity contribution in [3.8, 4) is 23.0 Å². The van der Waals surface area contributed by atoms with Crippen LogP contribution in [0, 0.1) is 0 Å². The summed E-state index contributed by atoms with van der Waals surface area (Å²) in [6, 6.07) is 19.9. The SMILES string of the molecule is COc1ccc(C=Cc2cc[n+](CCCC(=O)NCCSSCCNC(=O)CCC[n+]3ccc(C=Cc4ccc(OC)c(OC)c4)cc3)cc2)cc1OC.[Cl-].[Cl-]. The highest BCUT2D eigenvalue weighted by atomic mass is 35.5. The first-order chi connectivity index (χ1) is 26.4. The molecule has 0 aliphatic carbocycles. The summed E-state index contributed by atoms with van der Waals surface area (Å²) in [7, 11) is 9.92. The number of nitrogens with one attached hydrogen (secondary N) is 2. The predicted molar refractivity (Wildman–Crippen MR) is 220 cm³/mol. The third-order valence-electron chi connectivity index (χ3n) is 8.32. The lowest BCUT2D eigenvalue weighted by atomic mass is 10.1. The predicted octanol–water partition coefficient (Wildman–Crippen LogP) is 0.519. The van der Waals surface area contributed by atoms with E-state index in [1.807, 2.05) is 73.3 Å². The first-order valence-corrected chi connectivity index (χ1v) is 20.5. The molecule has 2 heterocycles. The maximum atomic E-state index is 12.3. The zero-order chi connectivity index (χ0) is 38.4. The Hall–Kier alpha value is -4.36. The van der Waals surface area contributed by atoms with Gasteiger partial charge < -0.3 is 54.4 Å². The Labute approximate surface area is 351 Å². The van der Waals surface area contributed by atoms with Gasteiger partial charge in [0, 0.05) is 74.5 Å². The highest BCUT2D eigenvalue weighted by Crippen LogP contribution is 2.29. The first kappa shape index (κ1) is 47.8. The van der Waals surface area contributed by atoms with Gasteiger partial charge in [-0.25, -0.2) is 9.13 Å². The monoisotopic (exact) mass is 842 g/mol. The number of halogens is 2. The smallest absolute Gasteiger partial charge is 0.220 e. The molecule has 0 aliphatic rings. The molecule has 2 aromatic heterocycles. The number of carbonyl (C=O) groups is 2. The van der Waals surface area contributed by atoms with Gasteiger partial charge in [-0.1, -0.05) is 58.0 Å². The van der Waals surface area contributed by atoms with E-state index in [4.69, 9.17) is 18.9 Å². The molecule has 10 nitrogen and oxygen atoms in total. The van der Waals surface area contributed by atoms with Crippen molar-refractivity contribution < 1.29 is 62.5 Å². The molecule has 0 radical (unpaired) electrons. The molecule has 2 aromatic carbocycles. The summed E-state index contributed by atoms with van der Waals surface area (Å²) in [5.41, 5.74) is 4.22. The van der Waals surface area contributed by atoms with Crippen molar-refractivity contribution in [3.05, 3.63) is 108 Å². The minimum absolute atomic E-state index is 0. The molecule has 0 saturated heterocycles. The zero-order valence-corrected chi connectivity index (χ0v) is 35.5. The number of aromatic nitrogens is 2. The number of carbonyl (C=O) groups excluding carboxylic acids is 2. The summed E-state index contributed by atoms with van der Waals surface area (Å²) in [5, 5.41) is 6.01. The van der Waals surface area contributed by atoms with E-state index in [2.05, 4.69) is 56.2 Å². The topological polar surface area (TPSA) is 103 Å². The highest BCUT2D eigenvalue weighted by Gasteiger charge is 2.08. The third-order valence-corrected chi connectivity index (χ3v) is 10.7. The van der Waals surface area contributed by atoms with Gasteiger partial charge in [-0.2, -0.15) is 0 Å². The van der Waals surface area contributed by atoms with Crippen LogP contribution in [0.3, 0.4) is 0 Å². The summed E-state index contributed by atoms with van der Waals surface area (Å²) in [6.07, 6.45) is 18.8. The molecule has 0 spiro atoms. The second-order valence-corrected chi connectivity index (χ2v) is 14.9. The first-order valence-electron chi connectivity index (χ1n) is 18.0. The Morgan fingerprint density at radius 1 is 0.536 bits per heavy atom. The van der Waals surface area contributed by atoms with Crippen molar-refractivity contribution in [1.29, 1.82) is 0 Å². The van der Waals surface area contributed by atoms with Crippen LogP contribution in [0.2, 0.25) is 0 Å².